The molecule has 2 heterocycles. The number of hydrogen-bond donors (Lipinski definition) is 3. The van der Waals surface area contributed by atoms with E-state index < -0.39 is 10.0 Å². The van der Waals surface area contributed by atoms with Gasteiger partial charge in [-0.05, 0) is 30.3 Å². The van der Waals surface area contributed by atoms with Crippen molar-refractivity contribution in [2.45, 2.75) is 4.90 Å². The average molecular weight is 405 g/mol. The van der Waals surface area contributed by atoms with Gasteiger partial charge in [0.15, 0.2) is 0 Å². The first-order chi connectivity index (χ1) is 13.4. The van der Waals surface area contributed by atoms with Crippen LogP contribution >= 0.6 is 0 Å². The molecule has 11 heteroatoms. The van der Waals surface area contributed by atoms with E-state index in [1.807, 2.05) is 0 Å². The number of carbonyl (C=O) groups excluding carboxylic acids is 1. The molecule has 3 rings (SSSR count). The van der Waals surface area contributed by atoms with Crippen molar-refractivity contribution in [2.75, 3.05) is 49.5 Å². The summed E-state index contributed by atoms with van der Waals surface area (Å²) in [5, 5.41) is 10.5. The lowest BCUT2D eigenvalue weighted by Gasteiger charge is -2.34. The van der Waals surface area contributed by atoms with E-state index in [9.17, 15) is 13.2 Å². The number of sulfonamides is 1. The van der Waals surface area contributed by atoms with Gasteiger partial charge in [-0.25, -0.2) is 28.3 Å². The molecular formula is C17H23N7O3S. The molecule has 0 atom stereocenters. The largest absolute Gasteiger partial charge is 0.338 e. The number of hydrogen-bond acceptors (Lipinski definition) is 7. The number of carbonyl (C=O) groups is 1. The lowest BCUT2D eigenvalue weighted by Crippen LogP contribution is -2.49. The van der Waals surface area contributed by atoms with Crippen molar-refractivity contribution < 1.29 is 13.2 Å². The number of anilines is 2. The third kappa shape index (κ3) is 5.62. The topological polar surface area (TPSA) is 134 Å². The van der Waals surface area contributed by atoms with Crippen LogP contribution in [0.15, 0.2) is 47.6 Å². The summed E-state index contributed by atoms with van der Waals surface area (Å²) in [6.07, 6.45) is 3.47. The normalized spacial score (nSPS) is 15.2. The van der Waals surface area contributed by atoms with Crippen LogP contribution in [0.3, 0.4) is 0 Å². The van der Waals surface area contributed by atoms with E-state index in [0.717, 1.165) is 38.7 Å². The van der Waals surface area contributed by atoms with Crippen LogP contribution in [-0.2, 0) is 10.0 Å². The Kier molecular flexibility index (Phi) is 6.39. The highest BCUT2D eigenvalue weighted by Crippen LogP contribution is 2.12. The summed E-state index contributed by atoms with van der Waals surface area (Å²) in [6.45, 7) is 4.66. The molecule has 1 aliphatic rings. The molecule has 2 aromatic rings. The van der Waals surface area contributed by atoms with Crippen LogP contribution < -0.4 is 20.7 Å². The molecule has 0 radical (unpaired) electrons. The van der Waals surface area contributed by atoms with Crippen molar-refractivity contribution in [3.8, 4) is 0 Å². The third-order valence-corrected chi connectivity index (χ3v) is 5.29. The summed E-state index contributed by atoms with van der Waals surface area (Å²) in [7, 11) is -3.74. The highest BCUT2D eigenvalue weighted by atomic mass is 32.2. The van der Waals surface area contributed by atoms with Crippen molar-refractivity contribution >= 4 is 27.7 Å². The lowest BCUT2D eigenvalue weighted by atomic mass is 10.3. The number of nitrogens with one attached hydrogen (secondary N) is 2. The van der Waals surface area contributed by atoms with Gasteiger partial charge in [-0.1, -0.05) is 0 Å². The zero-order chi connectivity index (χ0) is 20.0. The minimum Gasteiger partial charge on any atom is -0.338 e. The molecule has 0 spiro atoms. The molecule has 1 aliphatic heterocycles. The number of rotatable bonds is 6. The number of benzene rings is 1. The second kappa shape index (κ2) is 8.95. The summed E-state index contributed by atoms with van der Waals surface area (Å²) in [4.78, 5) is 24.9. The Morgan fingerprint density at radius 2 is 1.71 bits per heavy atom. The fraction of sp³-hybridized carbons (Fsp3) is 0.353. The maximum absolute atomic E-state index is 12.0. The van der Waals surface area contributed by atoms with E-state index in [2.05, 4.69) is 30.4 Å². The Balaban J connectivity index is 1.37. The number of urea groups is 1. The highest BCUT2D eigenvalue weighted by molar-refractivity contribution is 7.89. The number of nitrogens with two attached hydrogens (primary N) is 1. The van der Waals surface area contributed by atoms with E-state index in [4.69, 9.17) is 5.14 Å². The van der Waals surface area contributed by atoms with Crippen LogP contribution in [0.5, 0.6) is 0 Å². The van der Waals surface area contributed by atoms with Crippen molar-refractivity contribution in [3.63, 3.8) is 0 Å². The van der Waals surface area contributed by atoms with Gasteiger partial charge < -0.3 is 15.5 Å². The van der Waals surface area contributed by atoms with Gasteiger partial charge in [0.1, 0.15) is 0 Å². The fourth-order valence-electron chi connectivity index (χ4n) is 2.86. The van der Waals surface area contributed by atoms with Gasteiger partial charge >= 0.3 is 6.03 Å². The van der Waals surface area contributed by atoms with Crippen LogP contribution in [0.1, 0.15) is 0 Å². The van der Waals surface area contributed by atoms with Gasteiger partial charge in [0.05, 0.1) is 4.90 Å². The molecule has 1 fully saturated rings. The van der Waals surface area contributed by atoms with Crippen LogP contribution in [0, 0.1) is 0 Å². The minimum absolute atomic E-state index is 0.00139. The smallest absolute Gasteiger partial charge is 0.319 e. The first-order valence-electron chi connectivity index (χ1n) is 8.84. The Labute approximate surface area is 163 Å². The van der Waals surface area contributed by atoms with E-state index in [0.29, 0.717) is 12.2 Å². The number of nitrogens with zero attached hydrogens (tertiary/aromatic N) is 4. The monoisotopic (exact) mass is 405 g/mol. The zero-order valence-corrected chi connectivity index (χ0v) is 16.1. The minimum atomic E-state index is -3.74. The summed E-state index contributed by atoms with van der Waals surface area (Å²) in [5.74, 6) is 0.744. The molecule has 1 aromatic heterocycles. The molecule has 1 saturated heterocycles. The van der Waals surface area contributed by atoms with E-state index in [1.54, 1.807) is 18.5 Å². The summed E-state index contributed by atoms with van der Waals surface area (Å²) < 4.78 is 22.4. The predicted octanol–water partition coefficient (Wildman–Crippen LogP) is 0.0677. The maximum atomic E-state index is 12.0. The molecule has 150 valence electrons. The number of amides is 2. The van der Waals surface area contributed by atoms with Crippen LogP contribution in [-0.4, -0.2) is 68.6 Å². The standard InChI is InChI=1S/C17H23N7O3S/c18-28(26,27)15-4-2-14(3-5-15)22-17(25)21-8-9-23-10-12-24(13-11-23)16-19-6-1-7-20-16/h1-7H,8-13H2,(H2,18,26,27)(H2,21,22,25). The first kappa shape index (κ1) is 20.0. The van der Waals surface area contributed by atoms with E-state index >= 15 is 0 Å². The number of aromatic nitrogens is 2. The van der Waals surface area contributed by atoms with E-state index in [-0.39, 0.29) is 10.9 Å². The van der Waals surface area contributed by atoms with E-state index in [1.165, 1.54) is 24.3 Å². The molecule has 0 unspecified atom stereocenters. The second-order valence-corrected chi connectivity index (χ2v) is 7.89. The first-order valence-corrected chi connectivity index (χ1v) is 10.4. The number of primary sulfonamides is 1. The molecule has 28 heavy (non-hydrogen) atoms. The second-order valence-electron chi connectivity index (χ2n) is 6.33. The van der Waals surface area contributed by atoms with Gasteiger partial charge in [-0.2, -0.15) is 0 Å². The molecule has 10 nitrogen and oxygen atoms in total. The predicted molar refractivity (Wildman–Crippen MR) is 106 cm³/mol. The van der Waals surface area contributed by atoms with Crippen molar-refractivity contribution in [2.24, 2.45) is 5.14 Å². The maximum Gasteiger partial charge on any atom is 0.319 e. The van der Waals surface area contributed by atoms with Gasteiger partial charge in [0.25, 0.3) is 0 Å². The van der Waals surface area contributed by atoms with Crippen molar-refractivity contribution in [3.05, 3.63) is 42.7 Å². The van der Waals surface area contributed by atoms with Gasteiger partial charge in [-0.15, -0.1) is 0 Å². The van der Waals surface area contributed by atoms with Gasteiger partial charge in [0.2, 0.25) is 16.0 Å². The molecule has 2 amide bonds. The summed E-state index contributed by atoms with van der Waals surface area (Å²) in [6, 6.07) is 7.13. The van der Waals surface area contributed by atoms with Crippen molar-refractivity contribution in [1.82, 2.24) is 20.2 Å². The molecular weight excluding hydrogens is 382 g/mol. The summed E-state index contributed by atoms with van der Waals surface area (Å²) >= 11 is 0. The van der Waals surface area contributed by atoms with Crippen LogP contribution in [0.25, 0.3) is 0 Å². The van der Waals surface area contributed by atoms with Gasteiger partial charge in [0, 0.05) is 57.3 Å². The zero-order valence-electron chi connectivity index (χ0n) is 15.3. The fourth-order valence-corrected chi connectivity index (χ4v) is 3.37. The average Bonchev–Trinajstić information content (AvgIpc) is 2.69. The molecule has 1 aromatic carbocycles. The van der Waals surface area contributed by atoms with Crippen molar-refractivity contribution in [1.29, 1.82) is 0 Å². The third-order valence-electron chi connectivity index (χ3n) is 4.36. The molecule has 0 bridgehead atoms. The molecule has 4 N–H and O–H groups in total. The molecule has 0 aliphatic carbocycles. The highest BCUT2D eigenvalue weighted by Gasteiger charge is 2.18. The number of piperazine rings is 1. The SMILES string of the molecule is NS(=O)(=O)c1ccc(NC(=O)NCCN2CCN(c3ncccn3)CC2)cc1. The summed E-state index contributed by atoms with van der Waals surface area (Å²) in [5.41, 5.74) is 0.487. The Hall–Kier alpha value is -2.76. The quantitative estimate of drug-likeness (QED) is 0.619. The van der Waals surface area contributed by atoms with Crippen LogP contribution in [0.4, 0.5) is 16.4 Å². The Morgan fingerprint density at radius 1 is 1.07 bits per heavy atom. The van der Waals surface area contributed by atoms with Gasteiger partial charge in [-0.3, -0.25) is 4.90 Å². The Morgan fingerprint density at radius 3 is 2.32 bits per heavy atom. The molecule has 0 saturated carbocycles. The van der Waals surface area contributed by atoms with Crippen LogP contribution in [0.2, 0.25) is 0 Å². The Bertz CT molecular complexity index is 883. The lowest BCUT2D eigenvalue weighted by molar-refractivity contribution is 0.240.